The van der Waals surface area contributed by atoms with E-state index in [4.69, 9.17) is 9.72 Å². The predicted octanol–water partition coefficient (Wildman–Crippen LogP) is 3.39. The maximum Gasteiger partial charge on any atom is 0.237 e. The van der Waals surface area contributed by atoms with E-state index in [1.807, 2.05) is 18.3 Å². The molecule has 2 atom stereocenters. The number of hydrogen-bond acceptors (Lipinski definition) is 7. The van der Waals surface area contributed by atoms with Crippen molar-refractivity contribution in [1.82, 2.24) is 15.0 Å². The van der Waals surface area contributed by atoms with Gasteiger partial charge >= 0.3 is 0 Å². The first-order valence-electron chi connectivity index (χ1n) is 8.90. The molecule has 1 fully saturated rings. The number of fused-ring (bicyclic) bond motifs is 1. The average molecular weight is 340 g/mol. The van der Waals surface area contributed by atoms with E-state index in [9.17, 15) is 0 Å². The summed E-state index contributed by atoms with van der Waals surface area (Å²) in [5.41, 5.74) is 1.76. The number of hydrogen-bond donors (Lipinski definition) is 2. The van der Waals surface area contributed by atoms with Gasteiger partial charge in [0.15, 0.2) is 5.82 Å². The Morgan fingerprint density at radius 1 is 1.28 bits per heavy atom. The molecule has 3 heterocycles. The van der Waals surface area contributed by atoms with Crippen LogP contribution in [0, 0.1) is 5.92 Å². The minimum absolute atomic E-state index is 0.530. The third kappa shape index (κ3) is 3.06. The van der Waals surface area contributed by atoms with E-state index < -0.39 is 0 Å². The second-order valence-electron chi connectivity index (χ2n) is 6.75. The Balaban J connectivity index is 1.60. The molecule has 0 radical (unpaired) electrons. The van der Waals surface area contributed by atoms with Gasteiger partial charge in [-0.1, -0.05) is 19.8 Å². The van der Waals surface area contributed by atoms with Crippen molar-refractivity contribution in [1.29, 1.82) is 0 Å². The Bertz CT molecular complexity index is 752. The second-order valence-corrected chi connectivity index (χ2v) is 6.75. The standard InChI is InChI=1S/C18H24N6O/c1-12-6-3-4-8-15(12)24-11-21-14-10-20-18(23-16(14)24)22-13-7-5-9-19-17(13)25-2/h5,7,9-10,12,15,21H,3-4,6,8,11H2,1-2H3,(H,20,22,23)/t12-,15+/m1/s1. The fourth-order valence-electron chi connectivity index (χ4n) is 3.83. The highest BCUT2D eigenvalue weighted by molar-refractivity contribution is 5.72. The Labute approximate surface area is 147 Å². The molecule has 0 spiro atoms. The first-order valence-corrected chi connectivity index (χ1v) is 8.90. The molecule has 0 saturated heterocycles. The molecule has 0 aromatic carbocycles. The van der Waals surface area contributed by atoms with Crippen molar-refractivity contribution < 1.29 is 4.74 Å². The molecule has 2 aromatic heterocycles. The Morgan fingerprint density at radius 2 is 2.16 bits per heavy atom. The molecular formula is C18H24N6O. The molecular weight excluding hydrogens is 316 g/mol. The molecule has 25 heavy (non-hydrogen) atoms. The van der Waals surface area contributed by atoms with E-state index in [-0.39, 0.29) is 0 Å². The fraction of sp³-hybridized carbons (Fsp3) is 0.500. The monoisotopic (exact) mass is 340 g/mol. The van der Waals surface area contributed by atoms with Crippen LogP contribution in [0.5, 0.6) is 5.88 Å². The highest BCUT2D eigenvalue weighted by Crippen LogP contribution is 2.37. The maximum atomic E-state index is 5.29. The van der Waals surface area contributed by atoms with Crippen LogP contribution < -0.4 is 20.3 Å². The van der Waals surface area contributed by atoms with Crippen LogP contribution in [0.1, 0.15) is 32.6 Å². The Kier molecular flexibility index (Phi) is 4.29. The number of anilines is 4. The number of methoxy groups -OCH3 is 1. The minimum atomic E-state index is 0.530. The van der Waals surface area contributed by atoms with Gasteiger partial charge in [0.2, 0.25) is 11.8 Å². The zero-order valence-electron chi connectivity index (χ0n) is 14.7. The van der Waals surface area contributed by atoms with Gasteiger partial charge in [-0.05, 0) is 30.9 Å². The zero-order chi connectivity index (χ0) is 17.2. The van der Waals surface area contributed by atoms with Crippen molar-refractivity contribution in [3.8, 4) is 5.88 Å². The number of aromatic nitrogens is 3. The van der Waals surface area contributed by atoms with Crippen molar-refractivity contribution in [2.75, 3.05) is 29.3 Å². The number of rotatable bonds is 4. The van der Waals surface area contributed by atoms with Gasteiger partial charge < -0.3 is 20.3 Å². The quantitative estimate of drug-likeness (QED) is 0.883. The van der Waals surface area contributed by atoms with E-state index >= 15 is 0 Å². The lowest BCUT2D eigenvalue weighted by atomic mass is 9.85. The third-order valence-electron chi connectivity index (χ3n) is 5.16. The Hall–Kier alpha value is -2.57. The van der Waals surface area contributed by atoms with Gasteiger partial charge in [0.25, 0.3) is 0 Å². The fourth-order valence-corrected chi connectivity index (χ4v) is 3.83. The number of ether oxygens (including phenoxy) is 1. The molecule has 0 amide bonds. The summed E-state index contributed by atoms with van der Waals surface area (Å²) in [6.45, 7) is 3.15. The van der Waals surface area contributed by atoms with Crippen LogP contribution in [0.3, 0.4) is 0 Å². The number of nitrogens with one attached hydrogen (secondary N) is 2. The van der Waals surface area contributed by atoms with Crippen LogP contribution in [0.15, 0.2) is 24.5 Å². The topological polar surface area (TPSA) is 75.2 Å². The molecule has 2 aliphatic rings. The van der Waals surface area contributed by atoms with Crippen molar-refractivity contribution in [3.05, 3.63) is 24.5 Å². The first-order chi connectivity index (χ1) is 12.3. The molecule has 7 nitrogen and oxygen atoms in total. The molecule has 4 rings (SSSR count). The minimum Gasteiger partial charge on any atom is -0.480 e. The van der Waals surface area contributed by atoms with Crippen LogP contribution in [0.25, 0.3) is 0 Å². The van der Waals surface area contributed by atoms with Gasteiger partial charge in [0.05, 0.1) is 25.7 Å². The van der Waals surface area contributed by atoms with Crippen molar-refractivity contribution >= 4 is 23.1 Å². The van der Waals surface area contributed by atoms with Gasteiger partial charge in [-0.2, -0.15) is 4.98 Å². The van der Waals surface area contributed by atoms with Gasteiger partial charge in [0.1, 0.15) is 5.69 Å². The second kappa shape index (κ2) is 6.74. The van der Waals surface area contributed by atoms with Crippen LogP contribution in [-0.4, -0.2) is 34.8 Å². The van der Waals surface area contributed by atoms with E-state index in [1.165, 1.54) is 25.7 Å². The molecule has 1 saturated carbocycles. The summed E-state index contributed by atoms with van der Waals surface area (Å²) < 4.78 is 5.29. The SMILES string of the molecule is COc1ncccc1Nc1ncc2c(n1)N([C@H]1CCCC[C@H]1C)CN2. The molecule has 2 N–H and O–H groups in total. The van der Waals surface area contributed by atoms with Gasteiger partial charge in [0, 0.05) is 12.2 Å². The van der Waals surface area contributed by atoms with Crippen LogP contribution in [0.4, 0.5) is 23.1 Å². The molecule has 132 valence electrons. The van der Waals surface area contributed by atoms with E-state index in [0.29, 0.717) is 23.8 Å². The lowest BCUT2D eigenvalue weighted by molar-refractivity contribution is 0.317. The molecule has 1 aliphatic carbocycles. The van der Waals surface area contributed by atoms with E-state index in [2.05, 4.69) is 32.4 Å². The van der Waals surface area contributed by atoms with Crippen LogP contribution in [-0.2, 0) is 0 Å². The van der Waals surface area contributed by atoms with Crippen LogP contribution in [0.2, 0.25) is 0 Å². The normalized spacial score (nSPS) is 22.2. The number of nitrogens with zero attached hydrogens (tertiary/aromatic N) is 4. The van der Waals surface area contributed by atoms with E-state index in [1.54, 1.807) is 13.3 Å². The molecule has 2 aromatic rings. The smallest absolute Gasteiger partial charge is 0.237 e. The third-order valence-corrected chi connectivity index (χ3v) is 5.16. The van der Waals surface area contributed by atoms with Crippen molar-refractivity contribution in [2.45, 2.75) is 38.6 Å². The molecule has 0 unspecified atom stereocenters. The first kappa shape index (κ1) is 15.9. The zero-order valence-corrected chi connectivity index (χ0v) is 14.7. The lowest BCUT2D eigenvalue weighted by Crippen LogP contribution is -2.41. The van der Waals surface area contributed by atoms with E-state index in [0.717, 1.165) is 23.9 Å². The summed E-state index contributed by atoms with van der Waals surface area (Å²) >= 11 is 0. The highest BCUT2D eigenvalue weighted by Gasteiger charge is 2.32. The summed E-state index contributed by atoms with van der Waals surface area (Å²) in [4.78, 5) is 15.8. The highest BCUT2D eigenvalue weighted by atomic mass is 16.5. The molecule has 0 bridgehead atoms. The maximum absolute atomic E-state index is 5.29. The summed E-state index contributed by atoms with van der Waals surface area (Å²) in [6, 6.07) is 4.30. The molecule has 1 aliphatic heterocycles. The summed E-state index contributed by atoms with van der Waals surface area (Å²) in [6.07, 6.45) is 8.70. The summed E-state index contributed by atoms with van der Waals surface area (Å²) in [7, 11) is 1.60. The summed E-state index contributed by atoms with van der Waals surface area (Å²) in [5, 5.41) is 6.64. The van der Waals surface area contributed by atoms with Crippen LogP contribution >= 0.6 is 0 Å². The predicted molar refractivity (Wildman–Crippen MR) is 98.5 cm³/mol. The van der Waals surface area contributed by atoms with Gasteiger partial charge in [-0.15, -0.1) is 0 Å². The van der Waals surface area contributed by atoms with Crippen molar-refractivity contribution in [2.24, 2.45) is 5.92 Å². The lowest BCUT2D eigenvalue weighted by Gasteiger charge is -2.36. The largest absolute Gasteiger partial charge is 0.480 e. The Morgan fingerprint density at radius 3 is 3.00 bits per heavy atom. The number of pyridine rings is 1. The van der Waals surface area contributed by atoms with Gasteiger partial charge in [-0.3, -0.25) is 0 Å². The summed E-state index contributed by atoms with van der Waals surface area (Å²) in [5.74, 6) is 2.76. The van der Waals surface area contributed by atoms with Gasteiger partial charge in [-0.25, -0.2) is 9.97 Å². The average Bonchev–Trinajstić information content (AvgIpc) is 3.06. The van der Waals surface area contributed by atoms with Crippen molar-refractivity contribution in [3.63, 3.8) is 0 Å². The molecule has 7 heteroatoms.